The van der Waals surface area contributed by atoms with Gasteiger partial charge in [-0.1, -0.05) is 0 Å². The van der Waals surface area contributed by atoms with Gasteiger partial charge in [0.2, 0.25) is 0 Å². The van der Waals surface area contributed by atoms with E-state index >= 15 is 0 Å². The van der Waals surface area contributed by atoms with Crippen molar-refractivity contribution in [3.05, 3.63) is 58.7 Å². The second-order valence-corrected chi connectivity index (χ2v) is 7.44. The zero-order chi connectivity index (χ0) is 29.9. The molecule has 4 N–H and O–H groups in total. The second kappa shape index (κ2) is 20.2. The molecule has 2 aromatic rings. The molecule has 0 bridgehead atoms. The van der Waals surface area contributed by atoms with E-state index in [2.05, 4.69) is 11.5 Å². The average Bonchev–Trinajstić information content (AvgIpc) is 2.93. The summed E-state index contributed by atoms with van der Waals surface area (Å²) in [5, 5.41) is 0. The van der Waals surface area contributed by atoms with Crippen LogP contribution in [0.15, 0.2) is 12.1 Å². The summed E-state index contributed by atoms with van der Waals surface area (Å²) >= 11 is 0. The molecule has 0 amide bonds. The van der Waals surface area contributed by atoms with Gasteiger partial charge in [-0.25, -0.2) is 35.1 Å². The molecule has 0 saturated carbocycles. The third-order valence-electron chi connectivity index (χ3n) is 4.52. The first-order valence-corrected chi connectivity index (χ1v) is 11.7. The van der Waals surface area contributed by atoms with E-state index in [0.717, 1.165) is 0 Å². The number of rotatable bonds is 0. The van der Waals surface area contributed by atoms with Gasteiger partial charge in [0.25, 0.3) is 0 Å². The van der Waals surface area contributed by atoms with Crippen molar-refractivity contribution in [1.29, 1.82) is 0 Å². The van der Waals surface area contributed by atoms with Gasteiger partial charge >= 0.3 is 0 Å². The molecule has 3 rings (SSSR count). The van der Waals surface area contributed by atoms with Crippen LogP contribution in [0.2, 0.25) is 0 Å². The predicted octanol–water partition coefficient (Wildman–Crippen LogP) is 3.75. The molecule has 228 valence electrons. The third-order valence-corrected chi connectivity index (χ3v) is 4.52. The number of nitrogens with two attached hydrogens (primary N) is 2. The summed E-state index contributed by atoms with van der Waals surface area (Å²) < 4.78 is 130. The summed E-state index contributed by atoms with van der Waals surface area (Å²) in [6.45, 7) is 7.04. The number of halogens is 8. The second-order valence-electron chi connectivity index (χ2n) is 7.44. The monoisotopic (exact) mass is 594 g/mol. The molecule has 1 aliphatic rings. The summed E-state index contributed by atoms with van der Waals surface area (Å²) in [5.41, 5.74) is 7.03. The Hall–Kier alpha value is -2.76. The van der Waals surface area contributed by atoms with Gasteiger partial charge in [0.05, 0.1) is 79.3 Å². The molecule has 1 heterocycles. The number of anilines is 2. The molecule has 0 atom stereocenters. The first-order chi connectivity index (χ1) is 19.1. The molecule has 0 spiro atoms. The van der Waals surface area contributed by atoms with Crippen LogP contribution in [0.4, 0.5) is 46.5 Å². The highest BCUT2D eigenvalue weighted by Gasteiger charge is 2.16. The molecule has 2 aromatic carbocycles. The van der Waals surface area contributed by atoms with Gasteiger partial charge in [0, 0.05) is 12.1 Å². The van der Waals surface area contributed by atoms with Crippen LogP contribution in [-0.4, -0.2) is 79.3 Å². The molecule has 16 heteroatoms. The van der Waals surface area contributed by atoms with E-state index in [1.54, 1.807) is 0 Å². The minimum atomic E-state index is -1.57. The fourth-order valence-electron chi connectivity index (χ4n) is 2.50. The smallest absolute Gasteiger partial charge is 0.184 e. The first-order valence-electron chi connectivity index (χ1n) is 11.7. The highest BCUT2D eigenvalue weighted by atomic mass is 19.2. The standard InChI is InChI=1S/C12H24O6.2C6H3F4N/c1-2-14-5-6-16-9-10-18-12-11-17-8-7-15-4-3-13-1;2*7-2-1-3(8)5(10)6(11)4(2)9/h1-12H2;2*1H,11H2. The van der Waals surface area contributed by atoms with Crippen molar-refractivity contribution in [2.75, 3.05) is 90.7 Å². The normalized spacial score (nSPS) is 16.4. The van der Waals surface area contributed by atoms with Gasteiger partial charge in [-0.05, 0) is 0 Å². The zero-order valence-corrected chi connectivity index (χ0v) is 21.3. The Morgan fingerprint density at radius 2 is 0.500 bits per heavy atom. The van der Waals surface area contributed by atoms with Crippen molar-refractivity contribution < 1.29 is 63.5 Å². The van der Waals surface area contributed by atoms with Crippen LogP contribution in [-0.2, 0) is 28.4 Å². The number of ether oxygens (including phenoxy) is 6. The van der Waals surface area contributed by atoms with Gasteiger partial charge in [0.1, 0.15) is 11.4 Å². The van der Waals surface area contributed by atoms with E-state index in [1.807, 2.05) is 0 Å². The van der Waals surface area contributed by atoms with E-state index in [-0.39, 0.29) is 12.1 Å². The number of hydrogen-bond donors (Lipinski definition) is 2. The fourth-order valence-corrected chi connectivity index (χ4v) is 2.50. The van der Waals surface area contributed by atoms with Crippen LogP contribution >= 0.6 is 0 Å². The van der Waals surface area contributed by atoms with Crippen LogP contribution in [0, 0.1) is 46.5 Å². The lowest BCUT2D eigenvalue weighted by atomic mass is 10.3. The summed E-state index contributed by atoms with van der Waals surface area (Å²) in [7, 11) is 0. The maximum absolute atomic E-state index is 12.3. The van der Waals surface area contributed by atoms with Crippen molar-refractivity contribution in [2.45, 2.75) is 0 Å². The minimum Gasteiger partial charge on any atom is -0.394 e. The molecule has 0 radical (unpaired) electrons. The molecule has 40 heavy (non-hydrogen) atoms. The lowest BCUT2D eigenvalue weighted by molar-refractivity contribution is -0.0334. The Labute approximate surface area is 225 Å². The number of nitrogen functional groups attached to an aromatic ring is 2. The van der Waals surface area contributed by atoms with Crippen molar-refractivity contribution in [3.63, 3.8) is 0 Å². The first kappa shape index (κ1) is 35.3. The van der Waals surface area contributed by atoms with Crippen molar-refractivity contribution >= 4 is 11.4 Å². The van der Waals surface area contributed by atoms with Crippen LogP contribution < -0.4 is 11.5 Å². The fraction of sp³-hybridized carbons (Fsp3) is 0.500. The van der Waals surface area contributed by atoms with Crippen LogP contribution in [0.3, 0.4) is 0 Å². The average molecular weight is 594 g/mol. The van der Waals surface area contributed by atoms with E-state index in [9.17, 15) is 35.1 Å². The summed E-state index contributed by atoms with van der Waals surface area (Å²) in [5.74, 6) is -12.3. The minimum absolute atomic E-state index is 0.0982. The Kier molecular flexibility index (Phi) is 17.8. The largest absolute Gasteiger partial charge is 0.394 e. The maximum atomic E-state index is 12.3. The molecule has 0 aliphatic carbocycles. The Morgan fingerprint density at radius 1 is 0.350 bits per heavy atom. The van der Waals surface area contributed by atoms with E-state index < -0.39 is 57.9 Å². The summed E-state index contributed by atoms with van der Waals surface area (Å²) in [6, 6.07) is 0.196. The Balaban J connectivity index is 0.000000315. The molecule has 8 nitrogen and oxygen atoms in total. The summed E-state index contributed by atoms with van der Waals surface area (Å²) in [6.07, 6.45) is 0. The van der Waals surface area contributed by atoms with E-state index in [1.165, 1.54) is 0 Å². The number of hydrogen-bond acceptors (Lipinski definition) is 8. The lowest BCUT2D eigenvalue weighted by Gasteiger charge is -2.09. The van der Waals surface area contributed by atoms with Gasteiger partial charge in [0.15, 0.2) is 46.5 Å². The molecular weight excluding hydrogens is 564 g/mol. The van der Waals surface area contributed by atoms with E-state index in [0.29, 0.717) is 79.3 Å². The topological polar surface area (TPSA) is 107 Å². The van der Waals surface area contributed by atoms with Gasteiger partial charge in [-0.3, -0.25) is 0 Å². The van der Waals surface area contributed by atoms with Crippen molar-refractivity contribution in [1.82, 2.24) is 0 Å². The highest BCUT2D eigenvalue weighted by molar-refractivity contribution is 5.42. The molecule has 0 aromatic heterocycles. The van der Waals surface area contributed by atoms with Crippen LogP contribution in [0.25, 0.3) is 0 Å². The van der Waals surface area contributed by atoms with Crippen molar-refractivity contribution in [3.8, 4) is 0 Å². The van der Waals surface area contributed by atoms with Gasteiger partial charge < -0.3 is 39.9 Å². The van der Waals surface area contributed by atoms with Gasteiger partial charge in [-0.15, -0.1) is 0 Å². The third kappa shape index (κ3) is 13.5. The van der Waals surface area contributed by atoms with Crippen LogP contribution in [0.5, 0.6) is 0 Å². The Bertz CT molecular complexity index is 833. The molecule has 1 fully saturated rings. The van der Waals surface area contributed by atoms with Crippen LogP contribution in [0.1, 0.15) is 0 Å². The molecular formula is C24H30F8N2O6. The SMILES string of the molecule is C1COCCOCCOCCOCCOCCO1.Nc1c(F)c(F)cc(F)c1F.Nc1c(F)c(F)cc(F)c1F. The highest BCUT2D eigenvalue weighted by Crippen LogP contribution is 2.21. The Morgan fingerprint density at radius 3 is 0.650 bits per heavy atom. The molecule has 1 aliphatic heterocycles. The molecule has 0 unspecified atom stereocenters. The zero-order valence-electron chi connectivity index (χ0n) is 21.3. The quantitative estimate of drug-likeness (QED) is 0.270. The number of benzene rings is 2. The summed E-state index contributed by atoms with van der Waals surface area (Å²) in [4.78, 5) is 0. The predicted molar refractivity (Wildman–Crippen MR) is 126 cm³/mol. The molecule has 1 saturated heterocycles. The van der Waals surface area contributed by atoms with Gasteiger partial charge in [-0.2, -0.15) is 0 Å². The van der Waals surface area contributed by atoms with E-state index in [4.69, 9.17) is 28.4 Å². The van der Waals surface area contributed by atoms with Crippen molar-refractivity contribution in [2.24, 2.45) is 0 Å². The maximum Gasteiger partial charge on any atom is 0.184 e. The lowest BCUT2D eigenvalue weighted by Crippen LogP contribution is -2.16.